The predicted octanol–water partition coefficient (Wildman–Crippen LogP) is 3.97. The van der Waals surface area contributed by atoms with Crippen LogP contribution in [0.3, 0.4) is 0 Å². The first kappa shape index (κ1) is 19.6. The Morgan fingerprint density at radius 2 is 1.87 bits per heavy atom. The number of ether oxygens (including phenoxy) is 2. The number of nitrogens with zero attached hydrogens (tertiary/aromatic N) is 3. The number of aliphatic imine (C=N–C) groups is 1. The highest BCUT2D eigenvalue weighted by molar-refractivity contribution is 6.06. The number of methoxy groups -OCH3 is 2. The van der Waals surface area contributed by atoms with E-state index in [1.807, 2.05) is 17.0 Å². The average Bonchev–Trinajstić information content (AvgIpc) is 2.78. The standard InChI is InChI=1S/C23H20FN3O3/c1-29-19-11-14-9-10-27-21(26-23(28)16-5-3-4-6-18(16)24)8-7-15(13-25)22(27)17(14)12-20(19)30-2/h3-6,11-12H,7-10H2,1-2H3. The van der Waals surface area contributed by atoms with Crippen molar-refractivity contribution in [3.63, 3.8) is 0 Å². The molecule has 6 nitrogen and oxygen atoms in total. The van der Waals surface area contributed by atoms with E-state index < -0.39 is 11.7 Å². The lowest BCUT2D eigenvalue weighted by Crippen LogP contribution is -2.38. The summed E-state index contributed by atoms with van der Waals surface area (Å²) in [5.74, 6) is 0.508. The fourth-order valence-electron chi connectivity index (χ4n) is 3.95. The van der Waals surface area contributed by atoms with Gasteiger partial charge in [-0.3, -0.25) is 4.79 Å². The highest BCUT2D eigenvalue weighted by atomic mass is 19.1. The Bertz CT molecular complexity index is 1130. The number of hydrogen-bond acceptors (Lipinski definition) is 4. The van der Waals surface area contributed by atoms with Gasteiger partial charge in [0, 0.05) is 18.5 Å². The molecule has 0 fully saturated rings. The van der Waals surface area contributed by atoms with Crippen LogP contribution in [0.4, 0.5) is 4.39 Å². The summed E-state index contributed by atoms with van der Waals surface area (Å²) in [5, 5.41) is 9.72. The monoisotopic (exact) mass is 405 g/mol. The maximum atomic E-state index is 14.0. The third kappa shape index (κ3) is 3.30. The number of fused-ring (bicyclic) bond motifs is 3. The van der Waals surface area contributed by atoms with E-state index in [1.165, 1.54) is 18.2 Å². The third-order valence-corrected chi connectivity index (χ3v) is 5.41. The molecule has 2 aliphatic heterocycles. The van der Waals surface area contributed by atoms with Gasteiger partial charge < -0.3 is 14.4 Å². The summed E-state index contributed by atoms with van der Waals surface area (Å²) in [5.41, 5.74) is 3.19. The Hall–Kier alpha value is -3.66. The van der Waals surface area contributed by atoms with Gasteiger partial charge in [0.15, 0.2) is 11.5 Å². The van der Waals surface area contributed by atoms with E-state index in [4.69, 9.17) is 9.47 Å². The molecule has 0 N–H and O–H groups in total. The number of hydrogen-bond donors (Lipinski definition) is 0. The van der Waals surface area contributed by atoms with Crippen LogP contribution in [-0.2, 0) is 6.42 Å². The average molecular weight is 405 g/mol. The van der Waals surface area contributed by atoms with Crippen molar-refractivity contribution in [3.8, 4) is 17.6 Å². The Morgan fingerprint density at radius 1 is 1.13 bits per heavy atom. The lowest BCUT2D eigenvalue weighted by atomic mass is 9.89. The molecule has 2 aromatic carbocycles. The molecule has 0 radical (unpaired) electrons. The molecular weight excluding hydrogens is 385 g/mol. The van der Waals surface area contributed by atoms with E-state index in [1.54, 1.807) is 20.3 Å². The van der Waals surface area contributed by atoms with Gasteiger partial charge >= 0.3 is 0 Å². The quantitative estimate of drug-likeness (QED) is 0.773. The van der Waals surface area contributed by atoms with E-state index in [-0.39, 0.29) is 5.56 Å². The molecule has 0 saturated carbocycles. The van der Waals surface area contributed by atoms with Crippen molar-refractivity contribution in [3.05, 3.63) is 64.5 Å². The predicted molar refractivity (Wildman–Crippen MR) is 110 cm³/mol. The first-order valence-corrected chi connectivity index (χ1v) is 9.59. The Morgan fingerprint density at radius 3 is 2.57 bits per heavy atom. The summed E-state index contributed by atoms with van der Waals surface area (Å²) in [6.07, 6.45) is 1.58. The van der Waals surface area contributed by atoms with Crippen molar-refractivity contribution in [2.45, 2.75) is 19.3 Å². The van der Waals surface area contributed by atoms with Crippen molar-refractivity contribution in [1.82, 2.24) is 4.90 Å². The number of amides is 1. The van der Waals surface area contributed by atoms with Crippen LogP contribution in [0.5, 0.6) is 11.5 Å². The molecule has 2 heterocycles. The first-order valence-electron chi connectivity index (χ1n) is 9.59. The molecule has 2 aliphatic rings. The molecule has 4 rings (SSSR count). The molecule has 0 aliphatic carbocycles. The summed E-state index contributed by atoms with van der Waals surface area (Å²) >= 11 is 0. The molecule has 7 heteroatoms. The highest BCUT2D eigenvalue weighted by Crippen LogP contribution is 2.41. The van der Waals surface area contributed by atoms with Crippen LogP contribution < -0.4 is 9.47 Å². The highest BCUT2D eigenvalue weighted by Gasteiger charge is 2.32. The second-order valence-corrected chi connectivity index (χ2v) is 7.02. The molecule has 2 aromatic rings. The van der Waals surface area contributed by atoms with E-state index in [0.29, 0.717) is 48.7 Å². The summed E-state index contributed by atoms with van der Waals surface area (Å²) in [6.45, 7) is 0.562. The van der Waals surface area contributed by atoms with E-state index >= 15 is 0 Å². The van der Waals surface area contributed by atoms with Crippen LogP contribution in [-0.4, -0.2) is 37.4 Å². The molecule has 0 spiro atoms. The second kappa shape index (κ2) is 7.99. The normalized spacial score (nSPS) is 16.6. The molecule has 1 amide bonds. The molecule has 0 aromatic heterocycles. The van der Waals surface area contributed by atoms with Gasteiger partial charge in [-0.1, -0.05) is 12.1 Å². The maximum absolute atomic E-state index is 14.0. The molecule has 0 bridgehead atoms. The van der Waals surface area contributed by atoms with Gasteiger partial charge in [-0.2, -0.15) is 10.3 Å². The van der Waals surface area contributed by atoms with Crippen LogP contribution in [0.1, 0.15) is 34.3 Å². The van der Waals surface area contributed by atoms with Gasteiger partial charge in [0.2, 0.25) is 0 Å². The van der Waals surface area contributed by atoms with Crippen LogP contribution in [0.15, 0.2) is 47.0 Å². The van der Waals surface area contributed by atoms with Gasteiger partial charge in [0.1, 0.15) is 11.7 Å². The second-order valence-electron chi connectivity index (χ2n) is 7.02. The molecule has 30 heavy (non-hydrogen) atoms. The molecular formula is C23H20FN3O3. The van der Waals surface area contributed by atoms with E-state index in [9.17, 15) is 14.4 Å². The summed E-state index contributed by atoms with van der Waals surface area (Å²) in [6, 6.07) is 11.9. The number of halogens is 1. The number of amidine groups is 1. The van der Waals surface area contributed by atoms with Crippen LogP contribution >= 0.6 is 0 Å². The fraction of sp³-hybridized carbons (Fsp3) is 0.261. The zero-order valence-electron chi connectivity index (χ0n) is 16.7. The largest absolute Gasteiger partial charge is 0.493 e. The molecule has 0 unspecified atom stereocenters. The van der Waals surface area contributed by atoms with Gasteiger partial charge in [0.25, 0.3) is 5.91 Å². The number of allylic oxidation sites excluding steroid dienone is 1. The minimum absolute atomic E-state index is 0.0644. The fourth-order valence-corrected chi connectivity index (χ4v) is 3.95. The lowest BCUT2D eigenvalue weighted by Gasteiger charge is -2.38. The van der Waals surface area contributed by atoms with Crippen molar-refractivity contribution in [2.75, 3.05) is 20.8 Å². The topological polar surface area (TPSA) is 74.9 Å². The number of carbonyl (C=O) groups is 1. The Labute approximate surface area is 173 Å². The Kier molecular flexibility index (Phi) is 5.23. The van der Waals surface area contributed by atoms with Crippen LogP contribution in [0.25, 0.3) is 5.70 Å². The molecule has 0 atom stereocenters. The van der Waals surface area contributed by atoms with Crippen LogP contribution in [0, 0.1) is 17.1 Å². The van der Waals surface area contributed by atoms with E-state index in [0.717, 1.165) is 16.8 Å². The SMILES string of the molecule is COc1cc2c(cc1OC)C1=C(C#N)CCC(=NC(=O)c3ccccc3F)N1CC2. The van der Waals surface area contributed by atoms with E-state index in [2.05, 4.69) is 11.1 Å². The Balaban J connectivity index is 1.79. The van der Waals surface area contributed by atoms with Gasteiger partial charge in [0.05, 0.1) is 37.1 Å². The summed E-state index contributed by atoms with van der Waals surface area (Å²) in [7, 11) is 3.14. The summed E-state index contributed by atoms with van der Waals surface area (Å²) in [4.78, 5) is 18.7. The minimum atomic E-state index is -0.624. The van der Waals surface area contributed by atoms with Crippen molar-refractivity contribution in [2.24, 2.45) is 4.99 Å². The minimum Gasteiger partial charge on any atom is -0.493 e. The van der Waals surface area contributed by atoms with Gasteiger partial charge in [-0.15, -0.1) is 0 Å². The zero-order valence-corrected chi connectivity index (χ0v) is 16.7. The van der Waals surface area contributed by atoms with Gasteiger partial charge in [-0.25, -0.2) is 4.39 Å². The zero-order chi connectivity index (χ0) is 21.3. The lowest BCUT2D eigenvalue weighted by molar-refractivity contribution is 0.0997. The van der Waals surface area contributed by atoms with Crippen molar-refractivity contribution in [1.29, 1.82) is 5.26 Å². The van der Waals surface area contributed by atoms with Crippen LogP contribution in [0.2, 0.25) is 0 Å². The third-order valence-electron chi connectivity index (χ3n) is 5.41. The van der Waals surface area contributed by atoms with Crippen molar-refractivity contribution >= 4 is 17.4 Å². The van der Waals surface area contributed by atoms with Gasteiger partial charge in [-0.05, 0) is 42.7 Å². The number of rotatable bonds is 3. The smallest absolute Gasteiger partial charge is 0.281 e. The maximum Gasteiger partial charge on any atom is 0.281 e. The molecule has 0 saturated heterocycles. The van der Waals surface area contributed by atoms with Crippen molar-refractivity contribution < 1.29 is 18.7 Å². The first-order chi connectivity index (χ1) is 14.6. The number of nitriles is 1. The molecule has 152 valence electrons. The number of benzene rings is 2. The summed E-state index contributed by atoms with van der Waals surface area (Å²) < 4.78 is 24.9. The number of carbonyl (C=O) groups excluding carboxylic acids is 1.